The van der Waals surface area contributed by atoms with Gasteiger partial charge < -0.3 is 10.4 Å². The molecule has 0 atom stereocenters. The number of aldehydes is 1. The number of fused-ring (bicyclic) bond motifs is 1. The normalized spacial score (nSPS) is 11.9. The molecule has 0 aromatic heterocycles. The molecular formula is C25H17N3O10S2. The number of rotatable bonds is 8. The van der Waals surface area contributed by atoms with Gasteiger partial charge in [-0.2, -0.15) is 27.1 Å². The number of carboxylic acids is 1. The molecule has 204 valence electrons. The second-order valence-corrected chi connectivity index (χ2v) is 11.0. The number of carboxylic acid groups (broad SMARTS) is 1. The third-order valence-electron chi connectivity index (χ3n) is 5.54. The van der Waals surface area contributed by atoms with Crippen molar-refractivity contribution in [1.82, 2.24) is 0 Å². The van der Waals surface area contributed by atoms with Crippen molar-refractivity contribution in [3.8, 4) is 0 Å². The molecule has 4 N–H and O–H groups in total. The minimum atomic E-state index is -4.82. The van der Waals surface area contributed by atoms with Crippen LogP contribution in [0.5, 0.6) is 0 Å². The zero-order chi connectivity index (χ0) is 29.2. The van der Waals surface area contributed by atoms with Gasteiger partial charge in [0.25, 0.3) is 26.1 Å². The number of hydrogen-bond donors (Lipinski definition) is 4. The SMILES string of the molecule is O=Cc1ccc(C(=O)Nc2ccc(N=Nc3cc(S(=O)(=O)O)c4cccc(S(=O)(=O)O)c4c3)cc2)cc1C(=O)O. The van der Waals surface area contributed by atoms with Gasteiger partial charge in [0.2, 0.25) is 0 Å². The number of aromatic carboxylic acids is 1. The molecule has 0 radical (unpaired) electrons. The van der Waals surface area contributed by atoms with Crippen molar-refractivity contribution >= 4 is 66.2 Å². The molecule has 0 unspecified atom stereocenters. The summed E-state index contributed by atoms with van der Waals surface area (Å²) in [5.74, 6) is -2.01. The second kappa shape index (κ2) is 10.7. The number of carbonyl (C=O) groups is 3. The van der Waals surface area contributed by atoms with Crippen LogP contribution in [0.4, 0.5) is 17.1 Å². The maximum absolute atomic E-state index is 12.5. The molecule has 0 aliphatic carbocycles. The highest BCUT2D eigenvalue weighted by Gasteiger charge is 2.21. The van der Waals surface area contributed by atoms with E-state index < -0.39 is 41.9 Å². The van der Waals surface area contributed by atoms with Crippen LogP contribution in [0.1, 0.15) is 31.1 Å². The number of amides is 1. The molecule has 0 saturated heterocycles. The Morgan fingerprint density at radius 1 is 0.750 bits per heavy atom. The van der Waals surface area contributed by atoms with Gasteiger partial charge in [0, 0.05) is 27.6 Å². The highest BCUT2D eigenvalue weighted by molar-refractivity contribution is 7.86. The summed E-state index contributed by atoms with van der Waals surface area (Å²) in [6.07, 6.45) is 0.368. The van der Waals surface area contributed by atoms with Gasteiger partial charge in [0.15, 0.2) is 6.29 Å². The average molecular weight is 584 g/mol. The van der Waals surface area contributed by atoms with E-state index in [1.165, 1.54) is 54.6 Å². The fraction of sp³-hybridized carbons (Fsp3) is 0. The lowest BCUT2D eigenvalue weighted by Crippen LogP contribution is -2.13. The van der Waals surface area contributed by atoms with Crippen molar-refractivity contribution in [2.24, 2.45) is 10.2 Å². The van der Waals surface area contributed by atoms with Crippen molar-refractivity contribution in [2.75, 3.05) is 5.32 Å². The number of nitrogens with zero attached hydrogens (tertiary/aromatic N) is 2. The molecule has 0 bridgehead atoms. The lowest BCUT2D eigenvalue weighted by atomic mass is 10.0. The maximum Gasteiger partial charge on any atom is 0.336 e. The van der Waals surface area contributed by atoms with Gasteiger partial charge in [0.1, 0.15) is 9.79 Å². The fourth-order valence-electron chi connectivity index (χ4n) is 3.72. The predicted molar refractivity (Wildman–Crippen MR) is 141 cm³/mol. The van der Waals surface area contributed by atoms with Crippen LogP contribution in [0.2, 0.25) is 0 Å². The van der Waals surface area contributed by atoms with Gasteiger partial charge in [-0.3, -0.25) is 18.7 Å². The molecule has 40 heavy (non-hydrogen) atoms. The average Bonchev–Trinajstić information content (AvgIpc) is 2.90. The molecule has 0 spiro atoms. The van der Waals surface area contributed by atoms with Crippen LogP contribution < -0.4 is 5.32 Å². The van der Waals surface area contributed by atoms with Crippen molar-refractivity contribution in [3.05, 3.63) is 89.5 Å². The van der Waals surface area contributed by atoms with Crippen molar-refractivity contribution < 1.29 is 45.4 Å². The smallest absolute Gasteiger partial charge is 0.336 e. The van der Waals surface area contributed by atoms with E-state index in [1.54, 1.807) is 0 Å². The number of carbonyl (C=O) groups excluding carboxylic acids is 2. The molecule has 0 fully saturated rings. The van der Waals surface area contributed by atoms with E-state index in [0.717, 1.165) is 18.2 Å². The van der Waals surface area contributed by atoms with E-state index >= 15 is 0 Å². The predicted octanol–water partition coefficient (Wildman–Crippen LogP) is 4.51. The van der Waals surface area contributed by atoms with E-state index in [2.05, 4.69) is 15.5 Å². The summed E-state index contributed by atoms with van der Waals surface area (Å²) in [5, 5.41) is 19.3. The third-order valence-corrected chi connectivity index (χ3v) is 7.34. The molecule has 1 amide bonds. The Morgan fingerprint density at radius 3 is 2.00 bits per heavy atom. The Hall–Kier alpha value is -4.83. The van der Waals surface area contributed by atoms with Gasteiger partial charge in [-0.25, -0.2) is 4.79 Å². The number of hydrogen-bond acceptors (Lipinski definition) is 9. The van der Waals surface area contributed by atoms with E-state index in [-0.39, 0.29) is 38.8 Å². The first kappa shape index (κ1) is 28.2. The maximum atomic E-state index is 12.5. The number of anilines is 1. The van der Waals surface area contributed by atoms with Crippen molar-refractivity contribution in [2.45, 2.75) is 9.79 Å². The Kier molecular flexibility index (Phi) is 7.57. The Bertz CT molecular complexity index is 1940. The molecule has 0 aliphatic heterocycles. The molecule has 13 nitrogen and oxygen atoms in total. The Morgan fingerprint density at radius 2 is 1.40 bits per heavy atom. The van der Waals surface area contributed by atoms with E-state index in [9.17, 15) is 45.4 Å². The van der Waals surface area contributed by atoms with Gasteiger partial charge in [-0.1, -0.05) is 18.2 Å². The zero-order valence-corrected chi connectivity index (χ0v) is 21.5. The summed E-state index contributed by atoms with van der Waals surface area (Å²) >= 11 is 0. The lowest BCUT2D eigenvalue weighted by Gasteiger charge is -2.09. The summed E-state index contributed by atoms with van der Waals surface area (Å²) in [7, 11) is -9.57. The van der Waals surface area contributed by atoms with Crippen LogP contribution in [0.15, 0.2) is 92.8 Å². The summed E-state index contributed by atoms with van der Waals surface area (Å²) in [6.45, 7) is 0. The number of nitrogens with one attached hydrogen (secondary N) is 1. The van der Waals surface area contributed by atoms with Crippen LogP contribution in [0, 0.1) is 0 Å². The monoisotopic (exact) mass is 583 g/mol. The van der Waals surface area contributed by atoms with Crippen molar-refractivity contribution in [3.63, 3.8) is 0 Å². The standard InChI is InChI=1S/C25H17N3O10S2/c29-13-15-5-4-14(10-20(15)25(31)32)24(30)26-16-6-8-17(9-7-16)27-28-18-11-21-19(23(12-18)40(36,37)38)2-1-3-22(21)39(33,34)35/h1-13H,(H,26,30)(H,31,32)(H,33,34,35)(H,36,37,38). The second-order valence-electron chi connectivity index (χ2n) is 8.17. The topological polar surface area (TPSA) is 217 Å². The summed E-state index contributed by atoms with van der Waals surface area (Å²) in [4.78, 5) is 33.6. The van der Waals surface area contributed by atoms with Crippen LogP contribution in [0.3, 0.4) is 0 Å². The first-order valence-corrected chi connectivity index (χ1v) is 13.8. The quantitative estimate of drug-likeness (QED) is 0.129. The van der Waals surface area contributed by atoms with Gasteiger partial charge in [-0.05, 0) is 54.6 Å². The zero-order valence-electron chi connectivity index (χ0n) is 19.9. The van der Waals surface area contributed by atoms with Crippen LogP contribution in [0.25, 0.3) is 10.8 Å². The summed E-state index contributed by atoms with van der Waals surface area (Å²) < 4.78 is 66.7. The minimum Gasteiger partial charge on any atom is -0.478 e. The van der Waals surface area contributed by atoms with Gasteiger partial charge in [-0.15, -0.1) is 0 Å². The van der Waals surface area contributed by atoms with Crippen LogP contribution in [-0.2, 0) is 20.2 Å². The molecule has 0 saturated carbocycles. The molecule has 0 aliphatic rings. The molecule has 4 aromatic rings. The van der Waals surface area contributed by atoms with Crippen LogP contribution in [-0.4, -0.2) is 49.2 Å². The molecule has 4 rings (SSSR count). The molecule has 4 aromatic carbocycles. The van der Waals surface area contributed by atoms with E-state index in [1.807, 2.05) is 0 Å². The third kappa shape index (κ3) is 6.08. The Labute approximate surface area is 226 Å². The summed E-state index contributed by atoms with van der Waals surface area (Å²) in [5.41, 5.74) is -0.0184. The Balaban J connectivity index is 1.61. The summed E-state index contributed by atoms with van der Waals surface area (Å²) in [6, 6.07) is 15.0. The first-order chi connectivity index (χ1) is 18.8. The molecular weight excluding hydrogens is 566 g/mol. The van der Waals surface area contributed by atoms with Gasteiger partial charge in [0.05, 0.1) is 16.9 Å². The van der Waals surface area contributed by atoms with E-state index in [4.69, 9.17) is 0 Å². The number of benzene rings is 4. The highest BCUT2D eigenvalue weighted by Crippen LogP contribution is 2.33. The van der Waals surface area contributed by atoms with E-state index in [0.29, 0.717) is 12.0 Å². The number of azo groups is 1. The molecule has 15 heteroatoms. The lowest BCUT2D eigenvalue weighted by molar-refractivity contribution is 0.0694. The fourth-order valence-corrected chi connectivity index (χ4v) is 5.14. The highest BCUT2D eigenvalue weighted by atomic mass is 32.2. The van der Waals surface area contributed by atoms with Crippen molar-refractivity contribution in [1.29, 1.82) is 0 Å². The van der Waals surface area contributed by atoms with Gasteiger partial charge >= 0.3 is 5.97 Å². The largest absolute Gasteiger partial charge is 0.478 e. The molecule has 0 heterocycles. The minimum absolute atomic E-state index is 0.00182. The van der Waals surface area contributed by atoms with Crippen LogP contribution >= 0.6 is 0 Å². The first-order valence-electron chi connectivity index (χ1n) is 11.0.